The molecule has 3 nitrogen and oxygen atoms in total. The van der Waals surface area contributed by atoms with Crippen LogP contribution in [0.1, 0.15) is 23.1 Å². The topological polar surface area (TPSA) is 38.0 Å². The van der Waals surface area contributed by atoms with Crippen molar-refractivity contribution in [2.45, 2.75) is 19.9 Å². The molecule has 98 valence electrons. The Bertz CT molecular complexity index is 623. The summed E-state index contributed by atoms with van der Waals surface area (Å²) in [6.07, 6.45) is 4.09. The molecule has 1 aromatic heterocycles. The van der Waals surface area contributed by atoms with E-state index in [0.717, 1.165) is 11.1 Å². The lowest BCUT2D eigenvalue weighted by Gasteiger charge is -2.05. The van der Waals surface area contributed by atoms with Gasteiger partial charge in [0, 0.05) is 18.2 Å². The molecule has 0 aliphatic carbocycles. The maximum Gasteiger partial charge on any atom is 0.124 e. The van der Waals surface area contributed by atoms with Crippen LogP contribution in [0.15, 0.2) is 30.6 Å². The summed E-state index contributed by atoms with van der Waals surface area (Å²) in [5, 5.41) is 12.9. The molecular formula is C15H15FN2O. The second-order valence-electron chi connectivity index (χ2n) is 4.29. The maximum atomic E-state index is 13.3. The van der Waals surface area contributed by atoms with E-state index >= 15 is 0 Å². The Morgan fingerprint density at radius 3 is 2.95 bits per heavy atom. The van der Waals surface area contributed by atoms with Crippen molar-refractivity contribution in [1.29, 1.82) is 0 Å². The Hall–Kier alpha value is -2.12. The highest BCUT2D eigenvalue weighted by atomic mass is 19.1. The SMILES string of the molecule is Cc1cnn(Cc2ccc(F)cc2C#CCCO)c1. The predicted octanol–water partition coefficient (Wildman–Crippen LogP) is 2.11. The number of aryl methyl sites for hydroxylation is 1. The first-order valence-corrected chi connectivity index (χ1v) is 6.06. The monoisotopic (exact) mass is 258 g/mol. The van der Waals surface area contributed by atoms with Gasteiger partial charge in [-0.25, -0.2) is 4.39 Å². The minimum absolute atomic E-state index is 0.00992. The van der Waals surface area contributed by atoms with E-state index in [0.29, 0.717) is 18.5 Å². The molecule has 19 heavy (non-hydrogen) atoms. The maximum absolute atomic E-state index is 13.3. The fourth-order valence-corrected chi connectivity index (χ4v) is 1.74. The largest absolute Gasteiger partial charge is 0.395 e. The lowest BCUT2D eigenvalue weighted by molar-refractivity contribution is 0.305. The van der Waals surface area contributed by atoms with E-state index in [4.69, 9.17) is 5.11 Å². The predicted molar refractivity (Wildman–Crippen MR) is 71.0 cm³/mol. The molecule has 0 bridgehead atoms. The van der Waals surface area contributed by atoms with Gasteiger partial charge in [-0.05, 0) is 30.2 Å². The van der Waals surface area contributed by atoms with Crippen LogP contribution < -0.4 is 0 Å². The second kappa shape index (κ2) is 6.17. The van der Waals surface area contributed by atoms with Crippen molar-refractivity contribution in [3.8, 4) is 11.8 Å². The highest BCUT2D eigenvalue weighted by Crippen LogP contribution is 2.12. The van der Waals surface area contributed by atoms with Crippen molar-refractivity contribution in [2.75, 3.05) is 6.61 Å². The average Bonchev–Trinajstić information content (AvgIpc) is 2.78. The van der Waals surface area contributed by atoms with Gasteiger partial charge in [-0.3, -0.25) is 4.68 Å². The van der Waals surface area contributed by atoms with Gasteiger partial charge in [-0.1, -0.05) is 17.9 Å². The fourth-order valence-electron chi connectivity index (χ4n) is 1.74. The Balaban J connectivity index is 2.27. The van der Waals surface area contributed by atoms with Crippen LogP contribution in [0.4, 0.5) is 4.39 Å². The van der Waals surface area contributed by atoms with Crippen LogP contribution in [-0.2, 0) is 6.54 Å². The number of aliphatic hydroxyl groups is 1. The Kier molecular flexibility index (Phi) is 4.32. The standard InChI is InChI=1S/C15H15FN2O/c1-12-9-17-18(10-12)11-14-5-6-15(16)8-13(14)4-2-3-7-19/h5-6,8-10,19H,3,7,11H2,1H3. The number of halogens is 1. The van der Waals surface area contributed by atoms with Crippen molar-refractivity contribution < 1.29 is 9.50 Å². The molecule has 0 saturated carbocycles. The number of rotatable bonds is 3. The summed E-state index contributed by atoms with van der Waals surface area (Å²) < 4.78 is 15.1. The summed E-state index contributed by atoms with van der Waals surface area (Å²) in [6.45, 7) is 2.53. The van der Waals surface area contributed by atoms with Gasteiger partial charge in [0.25, 0.3) is 0 Å². The van der Waals surface area contributed by atoms with Gasteiger partial charge < -0.3 is 5.11 Å². The first kappa shape index (κ1) is 13.3. The van der Waals surface area contributed by atoms with Crippen molar-refractivity contribution in [1.82, 2.24) is 9.78 Å². The highest BCUT2D eigenvalue weighted by Gasteiger charge is 2.04. The molecule has 0 aliphatic heterocycles. The zero-order valence-corrected chi connectivity index (χ0v) is 10.7. The van der Waals surface area contributed by atoms with Gasteiger partial charge in [-0.2, -0.15) is 5.10 Å². The number of hydrogen-bond donors (Lipinski definition) is 1. The van der Waals surface area contributed by atoms with Crippen molar-refractivity contribution >= 4 is 0 Å². The number of aromatic nitrogens is 2. The second-order valence-corrected chi connectivity index (χ2v) is 4.29. The smallest absolute Gasteiger partial charge is 0.124 e. The van der Waals surface area contributed by atoms with Gasteiger partial charge in [0.15, 0.2) is 0 Å². The summed E-state index contributed by atoms with van der Waals surface area (Å²) in [5.74, 6) is 5.39. The van der Waals surface area contributed by atoms with E-state index in [2.05, 4.69) is 16.9 Å². The highest BCUT2D eigenvalue weighted by molar-refractivity contribution is 5.41. The molecule has 2 rings (SSSR count). The summed E-state index contributed by atoms with van der Waals surface area (Å²) >= 11 is 0. The average molecular weight is 258 g/mol. The molecule has 1 heterocycles. The molecule has 0 amide bonds. The fraction of sp³-hybridized carbons (Fsp3) is 0.267. The minimum atomic E-state index is -0.311. The third-order valence-corrected chi connectivity index (χ3v) is 2.63. The molecule has 0 atom stereocenters. The lowest BCUT2D eigenvalue weighted by Crippen LogP contribution is -2.02. The minimum Gasteiger partial charge on any atom is -0.395 e. The zero-order valence-electron chi connectivity index (χ0n) is 10.7. The van der Waals surface area contributed by atoms with Gasteiger partial charge in [0.1, 0.15) is 5.82 Å². The van der Waals surface area contributed by atoms with E-state index in [1.807, 2.05) is 13.1 Å². The molecule has 1 aromatic carbocycles. The first-order chi connectivity index (χ1) is 9.19. The van der Waals surface area contributed by atoms with Crippen LogP contribution in [0.2, 0.25) is 0 Å². The van der Waals surface area contributed by atoms with Crippen LogP contribution >= 0.6 is 0 Å². The molecule has 0 saturated heterocycles. The van der Waals surface area contributed by atoms with Crippen LogP contribution in [0.25, 0.3) is 0 Å². The molecular weight excluding hydrogens is 243 g/mol. The van der Waals surface area contributed by atoms with Crippen LogP contribution in [0, 0.1) is 24.6 Å². The first-order valence-electron chi connectivity index (χ1n) is 6.06. The van der Waals surface area contributed by atoms with E-state index in [9.17, 15) is 4.39 Å². The zero-order chi connectivity index (χ0) is 13.7. The molecule has 2 aromatic rings. The van der Waals surface area contributed by atoms with Crippen molar-refractivity contribution in [2.24, 2.45) is 0 Å². The Morgan fingerprint density at radius 1 is 1.42 bits per heavy atom. The third kappa shape index (κ3) is 3.67. The molecule has 4 heteroatoms. The number of nitrogens with zero attached hydrogens (tertiary/aromatic N) is 2. The molecule has 1 N–H and O–H groups in total. The summed E-state index contributed by atoms with van der Waals surface area (Å²) in [5.41, 5.74) is 2.63. The molecule has 0 fully saturated rings. The van der Waals surface area contributed by atoms with E-state index in [-0.39, 0.29) is 12.4 Å². The van der Waals surface area contributed by atoms with E-state index in [1.165, 1.54) is 12.1 Å². The quantitative estimate of drug-likeness (QED) is 0.856. The number of hydrogen-bond acceptors (Lipinski definition) is 2. The van der Waals surface area contributed by atoms with Crippen molar-refractivity contribution in [3.63, 3.8) is 0 Å². The third-order valence-electron chi connectivity index (χ3n) is 2.63. The Morgan fingerprint density at radius 2 is 2.26 bits per heavy atom. The van der Waals surface area contributed by atoms with Crippen LogP contribution in [0.5, 0.6) is 0 Å². The van der Waals surface area contributed by atoms with Crippen LogP contribution in [-0.4, -0.2) is 21.5 Å². The molecule has 0 spiro atoms. The number of aliphatic hydroxyl groups excluding tert-OH is 1. The number of benzene rings is 1. The summed E-state index contributed by atoms with van der Waals surface area (Å²) in [7, 11) is 0. The van der Waals surface area contributed by atoms with Gasteiger partial charge in [-0.15, -0.1) is 0 Å². The molecule has 0 radical (unpaired) electrons. The normalized spacial score (nSPS) is 10.1. The Labute approximate surface area is 111 Å². The van der Waals surface area contributed by atoms with Crippen LogP contribution in [0.3, 0.4) is 0 Å². The molecule has 0 unspecified atom stereocenters. The summed E-state index contributed by atoms with van der Waals surface area (Å²) in [6, 6.07) is 4.55. The van der Waals surface area contributed by atoms with Gasteiger partial charge >= 0.3 is 0 Å². The van der Waals surface area contributed by atoms with Crippen molar-refractivity contribution in [3.05, 3.63) is 53.1 Å². The summed E-state index contributed by atoms with van der Waals surface area (Å²) in [4.78, 5) is 0. The molecule has 0 aliphatic rings. The van der Waals surface area contributed by atoms with Gasteiger partial charge in [0.2, 0.25) is 0 Å². The van der Waals surface area contributed by atoms with E-state index < -0.39 is 0 Å². The lowest BCUT2D eigenvalue weighted by atomic mass is 10.1. The van der Waals surface area contributed by atoms with Gasteiger partial charge in [0.05, 0.1) is 19.3 Å². The van der Waals surface area contributed by atoms with E-state index in [1.54, 1.807) is 16.9 Å².